The van der Waals surface area contributed by atoms with Gasteiger partial charge >= 0.3 is 0 Å². The number of nitrogens with zero attached hydrogens (tertiary/aromatic N) is 1. The smallest absolute Gasteiger partial charge is 0.254 e. The normalized spacial score (nSPS) is 22.3. The van der Waals surface area contributed by atoms with Crippen molar-refractivity contribution >= 4 is 0 Å². The lowest BCUT2D eigenvalue weighted by atomic mass is 10.1. The van der Waals surface area contributed by atoms with Gasteiger partial charge in [0.25, 0.3) is 5.56 Å². The zero-order valence-electron chi connectivity index (χ0n) is 9.08. The van der Waals surface area contributed by atoms with E-state index in [-0.39, 0.29) is 11.1 Å². The SMILES string of the molecule is NC1(c2nc3c(c(=O)[nH]2)CCOCC3)CC1. The fourth-order valence-corrected chi connectivity index (χ4v) is 2.06. The highest BCUT2D eigenvalue weighted by Crippen LogP contribution is 2.40. The van der Waals surface area contributed by atoms with Crippen LogP contribution in [0.1, 0.15) is 29.9 Å². The molecule has 1 aliphatic carbocycles. The minimum Gasteiger partial charge on any atom is -0.381 e. The molecule has 0 spiro atoms. The topological polar surface area (TPSA) is 81.0 Å². The standard InChI is InChI=1S/C11H15N3O2/c12-11(3-4-11)10-13-8-2-6-16-5-1-7(8)9(15)14-10/h1-6,12H2,(H,13,14,15). The van der Waals surface area contributed by atoms with E-state index in [0.717, 1.165) is 24.1 Å². The Morgan fingerprint density at radius 3 is 2.81 bits per heavy atom. The Bertz CT molecular complexity index is 477. The number of fused-ring (bicyclic) bond motifs is 1. The number of hydrogen-bond donors (Lipinski definition) is 2. The first kappa shape index (κ1) is 9.99. The van der Waals surface area contributed by atoms with E-state index >= 15 is 0 Å². The van der Waals surface area contributed by atoms with Crippen LogP contribution in [0, 0.1) is 0 Å². The van der Waals surface area contributed by atoms with Crippen LogP contribution in [0.4, 0.5) is 0 Å². The molecule has 0 bridgehead atoms. The van der Waals surface area contributed by atoms with Gasteiger partial charge in [0.1, 0.15) is 5.82 Å². The summed E-state index contributed by atoms with van der Waals surface area (Å²) in [6, 6.07) is 0. The molecule has 0 amide bonds. The molecule has 2 aliphatic rings. The minimum absolute atomic E-state index is 0.0396. The summed E-state index contributed by atoms with van der Waals surface area (Å²) in [6.07, 6.45) is 3.17. The molecule has 5 nitrogen and oxygen atoms in total. The second-order valence-corrected chi connectivity index (χ2v) is 4.61. The third-order valence-corrected chi connectivity index (χ3v) is 3.34. The average Bonchev–Trinajstić information content (AvgIpc) is 3.02. The van der Waals surface area contributed by atoms with E-state index < -0.39 is 0 Å². The molecule has 86 valence electrons. The van der Waals surface area contributed by atoms with Gasteiger partial charge in [0, 0.05) is 18.4 Å². The lowest BCUT2D eigenvalue weighted by molar-refractivity contribution is 0.146. The first-order valence-corrected chi connectivity index (χ1v) is 5.68. The molecule has 1 fully saturated rings. The van der Waals surface area contributed by atoms with E-state index in [4.69, 9.17) is 10.5 Å². The highest BCUT2D eigenvalue weighted by molar-refractivity contribution is 5.24. The van der Waals surface area contributed by atoms with Gasteiger partial charge in [-0.15, -0.1) is 0 Å². The summed E-state index contributed by atoms with van der Waals surface area (Å²) in [5.41, 5.74) is 7.27. The Kier molecular flexibility index (Phi) is 2.12. The van der Waals surface area contributed by atoms with Crippen molar-refractivity contribution in [3.05, 3.63) is 27.4 Å². The molecule has 1 aromatic rings. The monoisotopic (exact) mass is 221 g/mol. The summed E-state index contributed by atoms with van der Waals surface area (Å²) in [5, 5.41) is 0. The Morgan fingerprint density at radius 1 is 1.31 bits per heavy atom. The number of aromatic nitrogens is 2. The molecule has 0 saturated heterocycles. The molecule has 5 heteroatoms. The maximum atomic E-state index is 11.9. The molecule has 16 heavy (non-hydrogen) atoms. The van der Waals surface area contributed by atoms with Crippen LogP contribution in [0.15, 0.2) is 4.79 Å². The van der Waals surface area contributed by atoms with E-state index in [2.05, 4.69) is 9.97 Å². The second kappa shape index (κ2) is 3.40. The van der Waals surface area contributed by atoms with Gasteiger partial charge in [0.15, 0.2) is 0 Å². The van der Waals surface area contributed by atoms with Gasteiger partial charge in [-0.3, -0.25) is 4.79 Å². The zero-order chi connectivity index (χ0) is 11.2. The lowest BCUT2D eigenvalue weighted by Gasteiger charge is -2.11. The van der Waals surface area contributed by atoms with Crippen LogP contribution < -0.4 is 11.3 Å². The summed E-state index contributed by atoms with van der Waals surface area (Å²) in [7, 11) is 0. The van der Waals surface area contributed by atoms with E-state index in [9.17, 15) is 4.79 Å². The second-order valence-electron chi connectivity index (χ2n) is 4.61. The molecule has 0 atom stereocenters. The quantitative estimate of drug-likeness (QED) is 0.690. The Morgan fingerprint density at radius 2 is 2.06 bits per heavy atom. The van der Waals surface area contributed by atoms with Crippen LogP contribution >= 0.6 is 0 Å². The van der Waals surface area contributed by atoms with Crippen LogP contribution in [0.2, 0.25) is 0 Å². The van der Waals surface area contributed by atoms with Crippen molar-refractivity contribution in [1.82, 2.24) is 9.97 Å². The van der Waals surface area contributed by atoms with Crippen molar-refractivity contribution in [2.24, 2.45) is 5.73 Å². The molecular formula is C11H15N3O2. The molecule has 1 aliphatic heterocycles. The molecule has 0 radical (unpaired) electrons. The zero-order valence-corrected chi connectivity index (χ0v) is 9.08. The number of nitrogens with one attached hydrogen (secondary N) is 1. The fraction of sp³-hybridized carbons (Fsp3) is 0.636. The first-order chi connectivity index (χ1) is 7.69. The van der Waals surface area contributed by atoms with Crippen LogP contribution in [0.5, 0.6) is 0 Å². The predicted octanol–water partition coefficient (Wildman–Crippen LogP) is -0.167. The van der Waals surface area contributed by atoms with E-state index in [1.54, 1.807) is 0 Å². The van der Waals surface area contributed by atoms with Crippen molar-refractivity contribution in [3.63, 3.8) is 0 Å². The third kappa shape index (κ3) is 1.56. The van der Waals surface area contributed by atoms with Gasteiger partial charge in [-0.25, -0.2) is 4.98 Å². The van der Waals surface area contributed by atoms with Crippen LogP contribution in [0.25, 0.3) is 0 Å². The van der Waals surface area contributed by atoms with Crippen molar-refractivity contribution in [2.45, 2.75) is 31.2 Å². The molecular weight excluding hydrogens is 206 g/mol. The van der Waals surface area contributed by atoms with E-state index in [1.807, 2.05) is 0 Å². The Balaban J connectivity index is 2.09. The van der Waals surface area contributed by atoms with Crippen molar-refractivity contribution in [2.75, 3.05) is 13.2 Å². The van der Waals surface area contributed by atoms with Gasteiger partial charge in [0.05, 0.1) is 24.4 Å². The van der Waals surface area contributed by atoms with Crippen LogP contribution in [0.3, 0.4) is 0 Å². The Hall–Kier alpha value is -1.20. The number of rotatable bonds is 1. The van der Waals surface area contributed by atoms with Crippen LogP contribution in [-0.2, 0) is 23.1 Å². The minimum atomic E-state index is -0.374. The lowest BCUT2D eigenvalue weighted by Crippen LogP contribution is -2.29. The third-order valence-electron chi connectivity index (χ3n) is 3.34. The van der Waals surface area contributed by atoms with Gasteiger partial charge in [-0.1, -0.05) is 0 Å². The fourth-order valence-electron chi connectivity index (χ4n) is 2.06. The summed E-state index contributed by atoms with van der Waals surface area (Å²) in [6.45, 7) is 1.24. The molecule has 1 aromatic heterocycles. The molecule has 2 heterocycles. The number of aromatic amines is 1. The van der Waals surface area contributed by atoms with Gasteiger partial charge in [-0.05, 0) is 12.8 Å². The van der Waals surface area contributed by atoms with E-state index in [1.165, 1.54) is 0 Å². The molecule has 3 rings (SSSR count). The van der Waals surface area contributed by atoms with E-state index in [0.29, 0.717) is 31.9 Å². The maximum Gasteiger partial charge on any atom is 0.254 e. The number of H-pyrrole nitrogens is 1. The summed E-state index contributed by atoms with van der Waals surface area (Å²) >= 11 is 0. The number of hydrogen-bond acceptors (Lipinski definition) is 4. The summed E-state index contributed by atoms with van der Waals surface area (Å²) in [4.78, 5) is 19.2. The van der Waals surface area contributed by atoms with Crippen LogP contribution in [-0.4, -0.2) is 23.2 Å². The predicted molar refractivity (Wildman–Crippen MR) is 58.2 cm³/mol. The average molecular weight is 221 g/mol. The van der Waals surface area contributed by atoms with Gasteiger partial charge in [0.2, 0.25) is 0 Å². The highest BCUT2D eigenvalue weighted by atomic mass is 16.5. The van der Waals surface area contributed by atoms with Crippen molar-refractivity contribution < 1.29 is 4.74 Å². The first-order valence-electron chi connectivity index (χ1n) is 5.68. The Labute approximate surface area is 93.0 Å². The molecule has 0 aromatic carbocycles. The van der Waals surface area contributed by atoms with Gasteiger partial charge < -0.3 is 15.5 Å². The molecule has 0 unspecified atom stereocenters. The molecule has 1 saturated carbocycles. The number of ether oxygens (including phenoxy) is 1. The van der Waals surface area contributed by atoms with Crippen molar-refractivity contribution in [1.29, 1.82) is 0 Å². The number of nitrogens with two attached hydrogens (primary N) is 1. The van der Waals surface area contributed by atoms with Gasteiger partial charge in [-0.2, -0.15) is 0 Å². The maximum absolute atomic E-state index is 11.9. The molecule has 3 N–H and O–H groups in total. The summed E-state index contributed by atoms with van der Waals surface area (Å²) < 4.78 is 5.35. The highest BCUT2D eigenvalue weighted by Gasteiger charge is 2.43. The van der Waals surface area contributed by atoms with Crippen molar-refractivity contribution in [3.8, 4) is 0 Å². The largest absolute Gasteiger partial charge is 0.381 e. The summed E-state index contributed by atoms with van der Waals surface area (Å²) in [5.74, 6) is 0.651.